The van der Waals surface area contributed by atoms with Crippen LogP contribution in [0.4, 0.5) is 0 Å². The highest BCUT2D eigenvalue weighted by atomic mass is 32.1. The molecule has 0 bridgehead atoms. The summed E-state index contributed by atoms with van der Waals surface area (Å²) in [6.45, 7) is 11.2. The van der Waals surface area contributed by atoms with Crippen molar-refractivity contribution >= 4 is 17.3 Å². The van der Waals surface area contributed by atoms with Gasteiger partial charge in [0.2, 0.25) is 0 Å². The van der Waals surface area contributed by atoms with Crippen molar-refractivity contribution in [3.63, 3.8) is 0 Å². The lowest BCUT2D eigenvalue weighted by Gasteiger charge is -2.30. The fraction of sp³-hybridized carbons (Fsp3) is 0.733. The van der Waals surface area contributed by atoms with E-state index in [2.05, 4.69) is 46.4 Å². The molecule has 1 aliphatic heterocycles. The van der Waals surface area contributed by atoms with Crippen LogP contribution in [0.15, 0.2) is 4.99 Å². The highest BCUT2D eigenvalue weighted by Gasteiger charge is 2.17. The number of ether oxygens (including phenoxy) is 1. The zero-order valence-electron chi connectivity index (χ0n) is 14.0. The first kappa shape index (κ1) is 17.2. The molecule has 2 N–H and O–H groups in total. The number of guanidine groups is 1. The summed E-state index contributed by atoms with van der Waals surface area (Å²) in [5.74, 6) is 0.824. The first-order valence-electron chi connectivity index (χ1n) is 7.83. The zero-order valence-corrected chi connectivity index (χ0v) is 14.8. The number of aryl methyl sites for hydroxylation is 2. The van der Waals surface area contributed by atoms with Crippen LogP contribution in [-0.2, 0) is 11.3 Å². The minimum Gasteiger partial charge on any atom is -0.374 e. The number of hydrogen-bond acceptors (Lipinski definition) is 5. The van der Waals surface area contributed by atoms with Crippen LogP contribution in [0, 0.1) is 13.8 Å². The average molecular weight is 325 g/mol. The maximum absolute atomic E-state index is 5.76. The number of aromatic nitrogens is 1. The van der Waals surface area contributed by atoms with E-state index in [1.165, 1.54) is 4.88 Å². The van der Waals surface area contributed by atoms with E-state index in [0.717, 1.165) is 49.4 Å². The van der Waals surface area contributed by atoms with E-state index in [-0.39, 0.29) is 6.10 Å². The summed E-state index contributed by atoms with van der Waals surface area (Å²) < 4.78 is 5.76. The summed E-state index contributed by atoms with van der Waals surface area (Å²) in [4.78, 5) is 12.7. The molecule has 6 nitrogen and oxygen atoms in total. The SMILES string of the molecule is CCNC(=NCc1nc(C)c(C)s1)NCC1CN(C)CCO1. The number of hydrogen-bond donors (Lipinski definition) is 2. The maximum Gasteiger partial charge on any atom is 0.191 e. The van der Waals surface area contributed by atoms with E-state index >= 15 is 0 Å². The van der Waals surface area contributed by atoms with Crippen molar-refractivity contribution in [3.05, 3.63) is 15.6 Å². The number of thiazole rings is 1. The van der Waals surface area contributed by atoms with Gasteiger partial charge in [-0.3, -0.25) is 0 Å². The van der Waals surface area contributed by atoms with E-state index in [1.807, 2.05) is 6.92 Å². The molecular weight excluding hydrogens is 298 g/mol. The van der Waals surface area contributed by atoms with Gasteiger partial charge in [-0.25, -0.2) is 9.98 Å². The van der Waals surface area contributed by atoms with E-state index in [0.29, 0.717) is 6.54 Å². The molecule has 0 amide bonds. The second kappa shape index (κ2) is 8.45. The van der Waals surface area contributed by atoms with Crippen LogP contribution in [0.2, 0.25) is 0 Å². The van der Waals surface area contributed by atoms with E-state index in [1.54, 1.807) is 11.3 Å². The quantitative estimate of drug-likeness (QED) is 0.628. The third-order valence-electron chi connectivity index (χ3n) is 3.63. The van der Waals surface area contributed by atoms with Gasteiger partial charge >= 0.3 is 0 Å². The predicted molar refractivity (Wildman–Crippen MR) is 91.6 cm³/mol. The average Bonchev–Trinajstić information content (AvgIpc) is 2.81. The Labute approximate surface area is 137 Å². The molecule has 1 aromatic rings. The molecule has 1 aliphatic rings. The van der Waals surface area contributed by atoms with Crippen molar-refractivity contribution in [2.24, 2.45) is 4.99 Å². The Morgan fingerprint density at radius 1 is 1.45 bits per heavy atom. The summed E-state index contributed by atoms with van der Waals surface area (Å²) in [7, 11) is 2.13. The molecular formula is C15H27N5OS. The standard InChI is InChI=1S/C15H27N5OS/c1-5-16-15(17-8-13-10-20(4)6-7-21-13)18-9-14-19-11(2)12(3)22-14/h13H,5-10H2,1-4H3,(H2,16,17,18). The highest BCUT2D eigenvalue weighted by molar-refractivity contribution is 7.11. The molecule has 1 unspecified atom stereocenters. The molecule has 124 valence electrons. The number of likely N-dealkylation sites (N-methyl/N-ethyl adjacent to an activating group) is 1. The maximum atomic E-state index is 5.76. The van der Waals surface area contributed by atoms with Crippen molar-refractivity contribution in [2.45, 2.75) is 33.4 Å². The Bertz CT molecular complexity index is 483. The molecule has 22 heavy (non-hydrogen) atoms. The summed E-state index contributed by atoms with van der Waals surface area (Å²) >= 11 is 1.72. The molecule has 0 radical (unpaired) electrons. The lowest BCUT2D eigenvalue weighted by molar-refractivity contribution is -0.0161. The second-order valence-electron chi connectivity index (χ2n) is 5.58. The molecule has 1 aromatic heterocycles. The van der Waals surface area contributed by atoms with Crippen molar-refractivity contribution < 1.29 is 4.74 Å². The van der Waals surface area contributed by atoms with Gasteiger partial charge in [-0.1, -0.05) is 0 Å². The molecule has 2 rings (SSSR count). The zero-order chi connectivity index (χ0) is 15.9. The normalized spacial score (nSPS) is 20.2. The molecule has 7 heteroatoms. The lowest BCUT2D eigenvalue weighted by atomic mass is 10.3. The first-order valence-corrected chi connectivity index (χ1v) is 8.65. The minimum absolute atomic E-state index is 0.215. The van der Waals surface area contributed by atoms with Gasteiger partial charge in [-0.2, -0.15) is 0 Å². The highest BCUT2D eigenvalue weighted by Crippen LogP contribution is 2.16. The molecule has 1 atom stereocenters. The summed E-state index contributed by atoms with van der Waals surface area (Å²) in [6, 6.07) is 0. The van der Waals surface area contributed by atoms with Gasteiger partial charge in [0.25, 0.3) is 0 Å². The predicted octanol–water partition coefficient (Wildman–Crippen LogP) is 1.15. The number of nitrogens with zero attached hydrogens (tertiary/aromatic N) is 3. The number of aliphatic imine (C=N–C) groups is 1. The Hall–Kier alpha value is -1.18. The second-order valence-corrected chi connectivity index (χ2v) is 6.87. The van der Waals surface area contributed by atoms with Crippen LogP contribution in [0.1, 0.15) is 22.5 Å². The van der Waals surface area contributed by atoms with Crippen LogP contribution < -0.4 is 10.6 Å². The van der Waals surface area contributed by atoms with Crippen molar-refractivity contribution in [2.75, 3.05) is 39.8 Å². The fourth-order valence-electron chi connectivity index (χ4n) is 2.30. The van der Waals surface area contributed by atoms with Gasteiger partial charge in [0.1, 0.15) is 5.01 Å². The van der Waals surface area contributed by atoms with Crippen LogP contribution in [-0.4, -0.2) is 61.8 Å². The summed E-state index contributed by atoms with van der Waals surface area (Å²) in [5.41, 5.74) is 1.10. The minimum atomic E-state index is 0.215. The van der Waals surface area contributed by atoms with Crippen molar-refractivity contribution in [1.82, 2.24) is 20.5 Å². The van der Waals surface area contributed by atoms with E-state index in [9.17, 15) is 0 Å². The Kier molecular flexibility index (Phi) is 6.60. The van der Waals surface area contributed by atoms with Crippen LogP contribution in [0.3, 0.4) is 0 Å². The van der Waals surface area contributed by atoms with Crippen LogP contribution in [0.25, 0.3) is 0 Å². The van der Waals surface area contributed by atoms with Gasteiger partial charge in [0.15, 0.2) is 5.96 Å². The lowest BCUT2D eigenvalue weighted by Crippen LogP contribution is -2.48. The van der Waals surface area contributed by atoms with Crippen molar-refractivity contribution in [3.8, 4) is 0 Å². The Morgan fingerprint density at radius 3 is 2.91 bits per heavy atom. The van der Waals surface area contributed by atoms with Gasteiger partial charge in [0, 0.05) is 31.1 Å². The van der Waals surface area contributed by atoms with Gasteiger partial charge in [0.05, 0.1) is 24.9 Å². The Balaban J connectivity index is 1.86. The van der Waals surface area contributed by atoms with Gasteiger partial charge in [-0.15, -0.1) is 11.3 Å². The monoisotopic (exact) mass is 325 g/mol. The molecule has 1 saturated heterocycles. The first-order chi connectivity index (χ1) is 10.6. The van der Waals surface area contributed by atoms with E-state index in [4.69, 9.17) is 4.74 Å². The number of morpholine rings is 1. The van der Waals surface area contributed by atoms with Crippen molar-refractivity contribution in [1.29, 1.82) is 0 Å². The smallest absolute Gasteiger partial charge is 0.191 e. The van der Waals surface area contributed by atoms with Crippen LogP contribution >= 0.6 is 11.3 Å². The van der Waals surface area contributed by atoms with E-state index < -0.39 is 0 Å². The summed E-state index contributed by atoms with van der Waals surface area (Å²) in [5, 5.41) is 7.69. The van der Waals surface area contributed by atoms with Gasteiger partial charge < -0.3 is 20.3 Å². The van der Waals surface area contributed by atoms with Crippen LogP contribution in [0.5, 0.6) is 0 Å². The molecule has 0 aromatic carbocycles. The topological polar surface area (TPSA) is 61.8 Å². The number of rotatable bonds is 5. The molecule has 0 aliphatic carbocycles. The third-order valence-corrected chi connectivity index (χ3v) is 4.69. The Morgan fingerprint density at radius 2 is 2.27 bits per heavy atom. The van der Waals surface area contributed by atoms with Gasteiger partial charge in [-0.05, 0) is 27.8 Å². The molecule has 2 heterocycles. The fourth-order valence-corrected chi connectivity index (χ4v) is 3.15. The molecule has 0 spiro atoms. The third kappa shape index (κ3) is 5.23. The summed E-state index contributed by atoms with van der Waals surface area (Å²) in [6.07, 6.45) is 0.215. The molecule has 0 saturated carbocycles. The largest absolute Gasteiger partial charge is 0.374 e. The molecule has 1 fully saturated rings. The number of nitrogens with one attached hydrogen (secondary N) is 2.